The van der Waals surface area contributed by atoms with Gasteiger partial charge >= 0.3 is 5.97 Å². The fourth-order valence-corrected chi connectivity index (χ4v) is 9.77. The SMILES string of the molecule is CC[Si](CC)(CC)O[C@H]1C[C@@H]2[C@@H](OC(=O)[C@@H]2C)[C@]23O[C@@]2(C)CCC[C@]13C. The number of ether oxygens (including phenoxy) is 2. The Hall–Kier alpha value is -0.393. The molecule has 1 spiro atoms. The molecular formula is C21H36O4Si. The summed E-state index contributed by atoms with van der Waals surface area (Å²) in [6.07, 6.45) is 4.42. The zero-order valence-electron chi connectivity index (χ0n) is 17.4. The largest absolute Gasteiger partial charge is 0.459 e. The van der Waals surface area contributed by atoms with Crippen LogP contribution < -0.4 is 0 Å². The minimum Gasteiger partial charge on any atom is -0.459 e. The predicted octanol–water partition coefficient (Wildman–Crippen LogP) is 4.68. The summed E-state index contributed by atoms with van der Waals surface area (Å²) in [6, 6.07) is 3.49. The van der Waals surface area contributed by atoms with Crippen molar-refractivity contribution in [1.82, 2.24) is 0 Å². The lowest BCUT2D eigenvalue weighted by Crippen LogP contribution is -2.65. The summed E-state index contributed by atoms with van der Waals surface area (Å²) in [5, 5.41) is 0. The Morgan fingerprint density at radius 2 is 1.81 bits per heavy atom. The van der Waals surface area contributed by atoms with Gasteiger partial charge in [-0.3, -0.25) is 4.79 Å². The molecule has 4 fully saturated rings. The second kappa shape index (κ2) is 5.80. The number of esters is 1. The Bertz CT molecular complexity index is 597. The van der Waals surface area contributed by atoms with Crippen molar-refractivity contribution < 1.29 is 18.7 Å². The van der Waals surface area contributed by atoms with E-state index in [2.05, 4.69) is 34.6 Å². The molecule has 0 aromatic carbocycles. The maximum absolute atomic E-state index is 12.4. The van der Waals surface area contributed by atoms with Crippen molar-refractivity contribution >= 4 is 14.3 Å². The Kier molecular flexibility index (Phi) is 4.23. The van der Waals surface area contributed by atoms with E-state index < -0.39 is 8.32 Å². The molecular weight excluding hydrogens is 344 g/mol. The maximum atomic E-state index is 12.4. The first-order valence-corrected chi connectivity index (χ1v) is 13.3. The fraction of sp³-hybridized carbons (Fsp3) is 0.952. The highest BCUT2D eigenvalue weighted by Gasteiger charge is 2.85. The van der Waals surface area contributed by atoms with E-state index >= 15 is 0 Å². The molecule has 2 aliphatic heterocycles. The molecule has 0 N–H and O–H groups in total. The van der Waals surface area contributed by atoms with Crippen molar-refractivity contribution in [2.75, 3.05) is 0 Å². The van der Waals surface area contributed by atoms with Gasteiger partial charge in [0.15, 0.2) is 8.32 Å². The smallest absolute Gasteiger partial charge is 0.309 e. The van der Waals surface area contributed by atoms with E-state index in [9.17, 15) is 4.79 Å². The van der Waals surface area contributed by atoms with E-state index in [4.69, 9.17) is 13.9 Å². The molecule has 0 aromatic heterocycles. The molecule has 0 unspecified atom stereocenters. The van der Waals surface area contributed by atoms with E-state index in [1.807, 2.05) is 6.92 Å². The molecule has 0 aromatic rings. The minimum absolute atomic E-state index is 0.0363. The average Bonchev–Trinajstić information content (AvgIpc) is 3.18. The molecule has 148 valence electrons. The lowest BCUT2D eigenvalue weighted by atomic mass is 9.52. The van der Waals surface area contributed by atoms with Crippen molar-refractivity contribution in [3.63, 3.8) is 0 Å². The second-order valence-electron chi connectivity index (χ2n) is 9.74. The van der Waals surface area contributed by atoms with Crippen LogP contribution in [0, 0.1) is 17.3 Å². The standard InChI is InChI=1S/C21H36O4Si/c1-7-26(8-2,9-3)24-16-13-15-14(4)18(22)23-17(15)21-19(16,5)11-10-12-20(21,6)25-21/h14-17H,7-13H2,1-6H3/t14-,15+,16+,17-,19-,20+,21-/m1/s1. The lowest BCUT2D eigenvalue weighted by Gasteiger charge is -2.55. The van der Waals surface area contributed by atoms with E-state index in [-0.39, 0.29) is 46.6 Å². The highest BCUT2D eigenvalue weighted by Crippen LogP contribution is 2.73. The molecule has 2 heterocycles. The van der Waals surface area contributed by atoms with E-state index in [0.717, 1.165) is 37.4 Å². The summed E-state index contributed by atoms with van der Waals surface area (Å²) in [4.78, 5) is 12.4. The first-order chi connectivity index (χ1) is 12.2. The number of carbonyl (C=O) groups is 1. The van der Waals surface area contributed by atoms with Crippen LogP contribution in [0.1, 0.15) is 67.2 Å². The predicted molar refractivity (Wildman–Crippen MR) is 103 cm³/mol. The molecule has 2 aliphatic carbocycles. The zero-order chi connectivity index (χ0) is 19.0. The van der Waals surface area contributed by atoms with E-state index in [1.54, 1.807) is 0 Å². The molecule has 4 rings (SSSR count). The third-order valence-corrected chi connectivity index (χ3v) is 13.5. The Labute approximate surface area is 159 Å². The summed E-state index contributed by atoms with van der Waals surface area (Å²) in [5.74, 6) is 0.157. The van der Waals surface area contributed by atoms with Gasteiger partial charge in [0.05, 0.1) is 17.6 Å². The molecule has 0 bridgehead atoms. The van der Waals surface area contributed by atoms with Gasteiger partial charge in [-0.1, -0.05) is 34.6 Å². The summed E-state index contributed by atoms with van der Waals surface area (Å²) in [6.45, 7) is 13.5. The Morgan fingerprint density at radius 3 is 2.42 bits per heavy atom. The van der Waals surface area contributed by atoms with Gasteiger partial charge < -0.3 is 13.9 Å². The highest BCUT2D eigenvalue weighted by atomic mass is 28.4. The summed E-state index contributed by atoms with van der Waals surface area (Å²) >= 11 is 0. The number of rotatable bonds is 5. The lowest BCUT2D eigenvalue weighted by molar-refractivity contribution is -0.160. The topological polar surface area (TPSA) is 48.1 Å². The van der Waals surface area contributed by atoms with Crippen LogP contribution in [0.25, 0.3) is 0 Å². The van der Waals surface area contributed by atoms with Gasteiger partial charge in [0, 0.05) is 11.3 Å². The number of fused-ring (bicyclic) bond motifs is 1. The van der Waals surface area contributed by atoms with Crippen LogP contribution in [-0.4, -0.2) is 37.7 Å². The fourth-order valence-electron chi connectivity index (χ4n) is 6.81. The number of epoxide rings is 1. The van der Waals surface area contributed by atoms with Crippen molar-refractivity contribution in [2.24, 2.45) is 17.3 Å². The quantitative estimate of drug-likeness (QED) is 0.395. The van der Waals surface area contributed by atoms with Crippen LogP contribution in [0.5, 0.6) is 0 Å². The molecule has 5 heteroatoms. The van der Waals surface area contributed by atoms with Crippen LogP contribution in [0.3, 0.4) is 0 Å². The Balaban J connectivity index is 1.75. The summed E-state index contributed by atoms with van der Waals surface area (Å²) in [7, 11) is -1.73. The van der Waals surface area contributed by atoms with Gasteiger partial charge in [0.2, 0.25) is 0 Å². The van der Waals surface area contributed by atoms with Gasteiger partial charge in [-0.15, -0.1) is 0 Å². The first-order valence-electron chi connectivity index (χ1n) is 10.8. The molecule has 2 saturated heterocycles. The van der Waals surface area contributed by atoms with Gasteiger partial charge in [-0.25, -0.2) is 0 Å². The molecule has 0 amide bonds. The molecule has 4 nitrogen and oxygen atoms in total. The molecule has 26 heavy (non-hydrogen) atoms. The number of carbonyl (C=O) groups excluding carboxylic acids is 1. The Morgan fingerprint density at radius 1 is 1.15 bits per heavy atom. The maximum Gasteiger partial charge on any atom is 0.309 e. The third-order valence-electron chi connectivity index (χ3n) is 8.90. The summed E-state index contributed by atoms with van der Waals surface area (Å²) < 4.78 is 19.7. The van der Waals surface area contributed by atoms with Gasteiger partial charge in [-0.05, 0) is 50.7 Å². The number of hydrogen-bond donors (Lipinski definition) is 0. The van der Waals surface area contributed by atoms with Crippen molar-refractivity contribution in [3.8, 4) is 0 Å². The van der Waals surface area contributed by atoms with Crippen LogP contribution >= 0.6 is 0 Å². The van der Waals surface area contributed by atoms with Crippen LogP contribution in [0.4, 0.5) is 0 Å². The van der Waals surface area contributed by atoms with E-state index in [0.29, 0.717) is 0 Å². The van der Waals surface area contributed by atoms with Crippen molar-refractivity contribution in [1.29, 1.82) is 0 Å². The molecule has 7 atom stereocenters. The number of hydrogen-bond acceptors (Lipinski definition) is 4. The normalized spacial score (nSPS) is 49.8. The van der Waals surface area contributed by atoms with Crippen LogP contribution in [-0.2, 0) is 18.7 Å². The molecule has 4 aliphatic rings. The van der Waals surface area contributed by atoms with E-state index in [1.165, 1.54) is 6.42 Å². The second-order valence-corrected chi connectivity index (χ2v) is 14.5. The van der Waals surface area contributed by atoms with Crippen molar-refractivity contribution in [3.05, 3.63) is 0 Å². The highest BCUT2D eigenvalue weighted by molar-refractivity contribution is 6.73. The van der Waals surface area contributed by atoms with Gasteiger partial charge in [0.1, 0.15) is 11.7 Å². The molecule has 0 radical (unpaired) electrons. The third kappa shape index (κ3) is 2.11. The van der Waals surface area contributed by atoms with Crippen LogP contribution in [0.2, 0.25) is 18.1 Å². The van der Waals surface area contributed by atoms with Crippen LogP contribution in [0.15, 0.2) is 0 Å². The monoisotopic (exact) mass is 380 g/mol. The van der Waals surface area contributed by atoms with Crippen molar-refractivity contribution in [2.45, 2.75) is 109 Å². The minimum atomic E-state index is -1.73. The first kappa shape index (κ1) is 18.9. The molecule has 2 saturated carbocycles. The summed E-state index contributed by atoms with van der Waals surface area (Å²) in [5.41, 5.74) is -0.533. The van der Waals surface area contributed by atoms with Gasteiger partial charge in [0.25, 0.3) is 0 Å². The van der Waals surface area contributed by atoms with Gasteiger partial charge in [-0.2, -0.15) is 0 Å². The zero-order valence-corrected chi connectivity index (χ0v) is 18.4. The average molecular weight is 381 g/mol.